The zero-order valence-corrected chi connectivity index (χ0v) is 13.6. The number of benzene rings is 1. The Labute approximate surface area is 136 Å². The van der Waals surface area contributed by atoms with Gasteiger partial charge >= 0.3 is 0 Å². The average Bonchev–Trinajstić information content (AvgIpc) is 3.34. The molecule has 2 atom stereocenters. The van der Waals surface area contributed by atoms with Crippen LogP contribution in [0.2, 0.25) is 0 Å². The fraction of sp³-hybridized carbons (Fsp3) is 0.632. The van der Waals surface area contributed by atoms with Crippen LogP contribution in [0.15, 0.2) is 18.2 Å². The number of hydrogen-bond donors (Lipinski definition) is 0. The fourth-order valence-electron chi connectivity index (χ4n) is 4.16. The van der Waals surface area contributed by atoms with Gasteiger partial charge in [-0.2, -0.15) is 0 Å². The lowest BCUT2D eigenvalue weighted by Gasteiger charge is -2.35. The minimum Gasteiger partial charge on any atom is -0.493 e. The van der Waals surface area contributed by atoms with Crippen LogP contribution in [0.4, 0.5) is 4.39 Å². The minimum absolute atomic E-state index is 0.00812. The molecule has 3 fully saturated rings. The molecule has 4 rings (SSSR count). The maximum absolute atomic E-state index is 13.7. The number of Topliss-reactive ketones (excluding diaryl/α,β-unsaturated/α-hetero) is 1. The summed E-state index contributed by atoms with van der Waals surface area (Å²) in [6, 6.07) is 5.38. The van der Waals surface area contributed by atoms with Gasteiger partial charge in [0.1, 0.15) is 11.6 Å². The summed E-state index contributed by atoms with van der Waals surface area (Å²) in [6.45, 7) is 0.643. The van der Waals surface area contributed by atoms with Gasteiger partial charge in [0.15, 0.2) is 5.78 Å². The van der Waals surface area contributed by atoms with Gasteiger partial charge in [0.25, 0.3) is 0 Å². The van der Waals surface area contributed by atoms with E-state index < -0.39 is 0 Å². The molecule has 2 aliphatic heterocycles. The lowest BCUT2D eigenvalue weighted by molar-refractivity contribution is 0.0762. The SMILES string of the molecule is CN1C2CCC1CC(C(=O)c1cc(F)ccc1OCC1CC1)C2. The number of rotatable bonds is 5. The first-order valence-electron chi connectivity index (χ1n) is 8.80. The molecule has 0 N–H and O–H groups in total. The van der Waals surface area contributed by atoms with Gasteiger partial charge in [-0.3, -0.25) is 4.79 Å². The third kappa shape index (κ3) is 3.01. The van der Waals surface area contributed by atoms with Crippen LogP contribution in [0.1, 0.15) is 48.9 Å². The van der Waals surface area contributed by atoms with E-state index >= 15 is 0 Å². The number of nitrogens with zero attached hydrogens (tertiary/aromatic N) is 1. The Kier molecular flexibility index (Phi) is 3.88. The molecule has 2 bridgehead atoms. The maximum atomic E-state index is 13.7. The predicted molar refractivity (Wildman–Crippen MR) is 86.2 cm³/mol. The Hall–Kier alpha value is -1.42. The summed E-state index contributed by atoms with van der Waals surface area (Å²) >= 11 is 0. The summed E-state index contributed by atoms with van der Waals surface area (Å²) in [7, 11) is 2.16. The van der Waals surface area contributed by atoms with Crippen LogP contribution >= 0.6 is 0 Å². The minimum atomic E-state index is -0.358. The van der Waals surface area contributed by atoms with E-state index in [9.17, 15) is 9.18 Å². The van der Waals surface area contributed by atoms with Crippen molar-refractivity contribution < 1.29 is 13.9 Å². The van der Waals surface area contributed by atoms with Gasteiger partial charge in [-0.15, -0.1) is 0 Å². The van der Waals surface area contributed by atoms with E-state index in [2.05, 4.69) is 11.9 Å². The second-order valence-electron chi connectivity index (χ2n) is 7.48. The van der Waals surface area contributed by atoms with Crippen molar-refractivity contribution in [1.29, 1.82) is 0 Å². The third-order valence-corrected chi connectivity index (χ3v) is 5.85. The molecule has 1 aromatic rings. The van der Waals surface area contributed by atoms with E-state index in [4.69, 9.17) is 4.74 Å². The normalized spacial score (nSPS) is 30.4. The number of hydrogen-bond acceptors (Lipinski definition) is 3. The van der Waals surface area contributed by atoms with Gasteiger partial charge in [-0.1, -0.05) is 0 Å². The van der Waals surface area contributed by atoms with Gasteiger partial charge < -0.3 is 9.64 Å². The van der Waals surface area contributed by atoms with Crippen molar-refractivity contribution in [2.75, 3.05) is 13.7 Å². The number of carbonyl (C=O) groups is 1. The van der Waals surface area contributed by atoms with E-state index in [-0.39, 0.29) is 17.5 Å². The fourth-order valence-corrected chi connectivity index (χ4v) is 4.16. The summed E-state index contributed by atoms with van der Waals surface area (Å²) in [5, 5.41) is 0. The molecule has 3 aliphatic rings. The van der Waals surface area contributed by atoms with Gasteiger partial charge in [-0.05, 0) is 69.7 Å². The van der Waals surface area contributed by atoms with Crippen molar-refractivity contribution in [3.05, 3.63) is 29.6 Å². The van der Waals surface area contributed by atoms with Crippen LogP contribution in [0, 0.1) is 17.7 Å². The molecular formula is C19H24FNO2. The van der Waals surface area contributed by atoms with Crippen molar-refractivity contribution in [3.63, 3.8) is 0 Å². The summed E-state index contributed by atoms with van der Waals surface area (Å²) < 4.78 is 19.5. The highest BCUT2D eigenvalue weighted by Crippen LogP contribution is 2.40. The van der Waals surface area contributed by atoms with Gasteiger partial charge in [0.2, 0.25) is 0 Å². The zero-order chi connectivity index (χ0) is 16.0. The molecule has 2 unspecified atom stereocenters. The maximum Gasteiger partial charge on any atom is 0.169 e. The Morgan fingerprint density at radius 2 is 1.91 bits per heavy atom. The van der Waals surface area contributed by atoms with Crippen molar-refractivity contribution in [3.8, 4) is 5.75 Å². The first-order chi connectivity index (χ1) is 11.1. The molecule has 1 aliphatic carbocycles. The molecule has 23 heavy (non-hydrogen) atoms. The van der Waals surface area contributed by atoms with Crippen LogP contribution in [0.3, 0.4) is 0 Å². The van der Waals surface area contributed by atoms with E-state index in [0.717, 1.165) is 12.8 Å². The predicted octanol–water partition coefficient (Wildman–Crippen LogP) is 3.67. The molecule has 1 aromatic carbocycles. The third-order valence-electron chi connectivity index (χ3n) is 5.85. The van der Waals surface area contributed by atoms with Crippen molar-refractivity contribution in [2.24, 2.45) is 11.8 Å². The number of ether oxygens (including phenoxy) is 1. The standard InChI is InChI=1S/C19H24FNO2/c1-21-15-5-6-16(21)9-13(8-15)19(22)17-10-14(20)4-7-18(17)23-11-12-2-3-12/h4,7,10,12-13,15-16H,2-3,5-6,8-9,11H2,1H3. The van der Waals surface area contributed by atoms with Gasteiger partial charge in [0.05, 0.1) is 12.2 Å². The molecule has 124 valence electrons. The van der Waals surface area contributed by atoms with Crippen molar-refractivity contribution >= 4 is 5.78 Å². The largest absolute Gasteiger partial charge is 0.493 e. The molecule has 0 aromatic heterocycles. The number of carbonyl (C=O) groups excluding carboxylic acids is 1. The van der Waals surface area contributed by atoms with Crippen LogP contribution < -0.4 is 4.74 Å². The van der Waals surface area contributed by atoms with Crippen LogP contribution in [0.25, 0.3) is 0 Å². The highest BCUT2D eigenvalue weighted by Gasteiger charge is 2.41. The molecule has 2 saturated heterocycles. The second kappa shape index (κ2) is 5.90. The molecule has 3 nitrogen and oxygen atoms in total. The van der Waals surface area contributed by atoms with E-state index in [0.29, 0.717) is 35.9 Å². The lowest BCUT2D eigenvalue weighted by atomic mass is 9.84. The topological polar surface area (TPSA) is 29.5 Å². The van der Waals surface area contributed by atoms with E-state index in [1.54, 1.807) is 6.07 Å². The molecule has 0 radical (unpaired) electrons. The Morgan fingerprint density at radius 1 is 1.22 bits per heavy atom. The highest BCUT2D eigenvalue weighted by molar-refractivity contribution is 6.00. The van der Waals surface area contributed by atoms with Crippen LogP contribution in [-0.4, -0.2) is 36.4 Å². The van der Waals surface area contributed by atoms with Crippen LogP contribution in [0.5, 0.6) is 5.75 Å². The Bertz CT molecular complexity index is 599. The molecule has 0 amide bonds. The summed E-state index contributed by atoms with van der Waals surface area (Å²) in [6.07, 6.45) is 6.54. The first-order valence-corrected chi connectivity index (χ1v) is 8.80. The van der Waals surface area contributed by atoms with Crippen LogP contribution in [-0.2, 0) is 0 Å². The number of fused-ring (bicyclic) bond motifs is 2. The van der Waals surface area contributed by atoms with E-state index in [1.165, 1.54) is 37.8 Å². The van der Waals surface area contributed by atoms with E-state index in [1.807, 2.05) is 0 Å². The van der Waals surface area contributed by atoms with Gasteiger partial charge in [0, 0.05) is 18.0 Å². The molecule has 0 spiro atoms. The average molecular weight is 317 g/mol. The Morgan fingerprint density at radius 3 is 2.57 bits per heavy atom. The summed E-state index contributed by atoms with van der Waals surface area (Å²) in [4.78, 5) is 15.4. The number of ketones is 1. The number of halogens is 1. The van der Waals surface area contributed by atoms with Gasteiger partial charge in [-0.25, -0.2) is 4.39 Å². The molecule has 1 saturated carbocycles. The van der Waals surface area contributed by atoms with Crippen molar-refractivity contribution in [1.82, 2.24) is 4.90 Å². The monoisotopic (exact) mass is 317 g/mol. The number of piperidine rings is 1. The molecule has 4 heteroatoms. The highest BCUT2D eigenvalue weighted by atomic mass is 19.1. The first kappa shape index (κ1) is 15.1. The van der Waals surface area contributed by atoms with Crippen molar-refractivity contribution in [2.45, 2.75) is 50.6 Å². The molecular weight excluding hydrogens is 293 g/mol. The smallest absolute Gasteiger partial charge is 0.169 e. The molecule has 2 heterocycles. The summed E-state index contributed by atoms with van der Waals surface area (Å²) in [5.74, 6) is 0.897. The zero-order valence-electron chi connectivity index (χ0n) is 13.6. The second-order valence-corrected chi connectivity index (χ2v) is 7.48. The lowest BCUT2D eigenvalue weighted by Crippen LogP contribution is -2.42. The quantitative estimate of drug-likeness (QED) is 0.776. The Balaban J connectivity index is 1.54. The summed E-state index contributed by atoms with van der Waals surface area (Å²) in [5.41, 5.74) is 0.444.